The van der Waals surface area contributed by atoms with E-state index in [1.807, 2.05) is 52.0 Å². The third-order valence-corrected chi connectivity index (χ3v) is 6.34. The van der Waals surface area contributed by atoms with E-state index in [0.717, 1.165) is 16.9 Å². The number of hydrogen-bond donors (Lipinski definition) is 1. The molecule has 2 aromatic carbocycles. The van der Waals surface area contributed by atoms with E-state index in [0.29, 0.717) is 38.6 Å². The standard InChI is InChI=1S/C26H25FN2O2S/c1-5-32-26-16(3)24(30)20-14-15(2)13-19(25(20)31-26)17(4)29-22-11-8-12-28-23(22)18-9-6-7-10-21(18)27/h6-14,17,29H,5H2,1-4H3. The number of pyridine rings is 1. The maximum atomic E-state index is 14.5. The summed E-state index contributed by atoms with van der Waals surface area (Å²) in [5.41, 5.74) is 4.73. The van der Waals surface area contributed by atoms with E-state index in [1.165, 1.54) is 17.8 Å². The van der Waals surface area contributed by atoms with Gasteiger partial charge in [-0.05, 0) is 62.4 Å². The molecule has 4 nitrogen and oxygen atoms in total. The van der Waals surface area contributed by atoms with Crippen LogP contribution in [-0.4, -0.2) is 10.7 Å². The number of hydrogen-bond acceptors (Lipinski definition) is 5. The minimum absolute atomic E-state index is 0.00669. The fraction of sp³-hybridized carbons (Fsp3) is 0.231. The van der Waals surface area contributed by atoms with Gasteiger partial charge in [0.05, 0.1) is 22.8 Å². The zero-order valence-corrected chi connectivity index (χ0v) is 19.3. The molecule has 6 heteroatoms. The van der Waals surface area contributed by atoms with Gasteiger partial charge in [-0.15, -0.1) is 0 Å². The van der Waals surface area contributed by atoms with Crippen LogP contribution < -0.4 is 10.7 Å². The lowest BCUT2D eigenvalue weighted by atomic mass is 10.00. The lowest BCUT2D eigenvalue weighted by Gasteiger charge is -2.20. The largest absolute Gasteiger partial charge is 0.449 e. The highest BCUT2D eigenvalue weighted by Crippen LogP contribution is 2.34. The van der Waals surface area contributed by atoms with Gasteiger partial charge >= 0.3 is 0 Å². The molecule has 0 spiro atoms. The van der Waals surface area contributed by atoms with Crippen LogP contribution in [0.25, 0.3) is 22.2 Å². The second kappa shape index (κ2) is 9.17. The van der Waals surface area contributed by atoms with Gasteiger partial charge in [-0.1, -0.05) is 36.9 Å². The minimum Gasteiger partial charge on any atom is -0.449 e. The zero-order chi connectivity index (χ0) is 22.8. The molecule has 1 N–H and O–H groups in total. The molecule has 0 fully saturated rings. The molecule has 0 saturated heterocycles. The lowest BCUT2D eigenvalue weighted by Crippen LogP contribution is -2.13. The van der Waals surface area contributed by atoms with Crippen molar-refractivity contribution in [3.8, 4) is 11.3 Å². The van der Waals surface area contributed by atoms with Crippen LogP contribution in [-0.2, 0) is 0 Å². The SMILES string of the molecule is CCSc1oc2c(C(C)Nc3cccnc3-c3ccccc3F)cc(C)cc2c(=O)c1C. The smallest absolute Gasteiger partial charge is 0.196 e. The van der Waals surface area contributed by atoms with Crippen molar-refractivity contribution >= 4 is 28.4 Å². The fourth-order valence-corrected chi connectivity index (χ4v) is 4.55. The number of rotatable bonds is 6. The predicted molar refractivity (Wildman–Crippen MR) is 130 cm³/mol. The van der Waals surface area contributed by atoms with Crippen molar-refractivity contribution in [2.45, 2.75) is 38.8 Å². The van der Waals surface area contributed by atoms with E-state index in [2.05, 4.69) is 10.3 Å². The first kappa shape index (κ1) is 22.1. The van der Waals surface area contributed by atoms with Crippen LogP contribution in [0.3, 0.4) is 0 Å². The summed E-state index contributed by atoms with van der Waals surface area (Å²) in [5, 5.41) is 4.68. The van der Waals surface area contributed by atoms with Gasteiger partial charge in [0.25, 0.3) is 0 Å². The molecule has 1 unspecified atom stereocenters. The third kappa shape index (κ3) is 4.15. The minimum atomic E-state index is -0.328. The summed E-state index contributed by atoms with van der Waals surface area (Å²) in [6.07, 6.45) is 1.65. The molecule has 0 bridgehead atoms. The van der Waals surface area contributed by atoms with E-state index >= 15 is 0 Å². The first-order valence-electron chi connectivity index (χ1n) is 10.6. The van der Waals surface area contributed by atoms with Gasteiger partial charge in [0.15, 0.2) is 10.5 Å². The molecule has 32 heavy (non-hydrogen) atoms. The van der Waals surface area contributed by atoms with E-state index < -0.39 is 0 Å². The van der Waals surface area contributed by atoms with Gasteiger partial charge < -0.3 is 9.73 Å². The molecule has 0 aliphatic carbocycles. The lowest BCUT2D eigenvalue weighted by molar-refractivity contribution is 0.488. The van der Waals surface area contributed by atoms with Gasteiger partial charge in [0.2, 0.25) is 0 Å². The van der Waals surface area contributed by atoms with E-state index in [-0.39, 0.29) is 17.3 Å². The molecule has 0 saturated carbocycles. The molecular formula is C26H25FN2O2S. The second-order valence-corrected chi connectivity index (χ2v) is 8.99. The first-order valence-corrected chi connectivity index (χ1v) is 11.6. The summed E-state index contributed by atoms with van der Waals surface area (Å²) in [5.74, 6) is 0.483. The quantitative estimate of drug-likeness (QED) is 0.325. The molecule has 2 aromatic heterocycles. The van der Waals surface area contributed by atoms with Crippen molar-refractivity contribution < 1.29 is 8.81 Å². The maximum Gasteiger partial charge on any atom is 0.196 e. The molecule has 164 valence electrons. The Morgan fingerprint density at radius 2 is 1.94 bits per heavy atom. The molecule has 0 amide bonds. The normalized spacial score (nSPS) is 12.2. The van der Waals surface area contributed by atoms with Crippen LogP contribution >= 0.6 is 11.8 Å². The predicted octanol–water partition coefficient (Wildman–Crippen LogP) is 6.90. The molecule has 4 aromatic rings. The maximum absolute atomic E-state index is 14.5. The Kier molecular flexibility index (Phi) is 6.33. The highest BCUT2D eigenvalue weighted by molar-refractivity contribution is 7.99. The van der Waals surface area contributed by atoms with Crippen LogP contribution in [0.5, 0.6) is 0 Å². The molecule has 2 heterocycles. The Morgan fingerprint density at radius 3 is 2.69 bits per heavy atom. The van der Waals surface area contributed by atoms with E-state index in [9.17, 15) is 9.18 Å². The summed E-state index contributed by atoms with van der Waals surface area (Å²) in [6.45, 7) is 7.80. The van der Waals surface area contributed by atoms with Gasteiger partial charge in [-0.25, -0.2) is 4.39 Å². The van der Waals surface area contributed by atoms with Gasteiger partial charge in [-0.3, -0.25) is 9.78 Å². The Hall–Kier alpha value is -3.12. The van der Waals surface area contributed by atoms with Crippen LogP contribution in [0, 0.1) is 19.7 Å². The van der Waals surface area contributed by atoms with Crippen molar-refractivity contribution in [1.82, 2.24) is 4.98 Å². The molecular weight excluding hydrogens is 423 g/mol. The average molecular weight is 449 g/mol. The third-order valence-electron chi connectivity index (χ3n) is 5.40. The van der Waals surface area contributed by atoms with E-state index in [4.69, 9.17) is 4.42 Å². The summed E-state index contributed by atoms with van der Waals surface area (Å²) in [4.78, 5) is 17.5. The Labute approximate surface area is 190 Å². The Balaban J connectivity index is 1.82. The van der Waals surface area contributed by atoms with Gasteiger partial charge in [0, 0.05) is 22.9 Å². The molecule has 0 aliphatic rings. The van der Waals surface area contributed by atoms with Crippen LogP contribution in [0.4, 0.5) is 10.1 Å². The number of anilines is 1. The van der Waals surface area contributed by atoms with Crippen LogP contribution in [0.1, 0.15) is 36.6 Å². The number of aromatic nitrogens is 1. The average Bonchev–Trinajstić information content (AvgIpc) is 2.78. The van der Waals surface area contributed by atoms with Crippen molar-refractivity contribution in [2.24, 2.45) is 0 Å². The molecule has 0 radical (unpaired) electrons. The van der Waals surface area contributed by atoms with E-state index in [1.54, 1.807) is 24.4 Å². The van der Waals surface area contributed by atoms with Crippen LogP contribution in [0.2, 0.25) is 0 Å². The fourth-order valence-electron chi connectivity index (χ4n) is 3.84. The van der Waals surface area contributed by atoms with Crippen molar-refractivity contribution in [3.05, 3.63) is 87.5 Å². The number of nitrogens with zero attached hydrogens (tertiary/aromatic N) is 1. The Morgan fingerprint density at radius 1 is 1.16 bits per heavy atom. The number of nitrogens with one attached hydrogen (secondary N) is 1. The highest BCUT2D eigenvalue weighted by Gasteiger charge is 2.19. The second-order valence-electron chi connectivity index (χ2n) is 7.75. The number of thioether (sulfide) groups is 1. The molecule has 1 atom stereocenters. The van der Waals surface area contributed by atoms with Crippen molar-refractivity contribution in [1.29, 1.82) is 0 Å². The summed E-state index contributed by atoms with van der Waals surface area (Å²) < 4.78 is 20.7. The molecule has 4 rings (SSSR count). The van der Waals surface area contributed by atoms with Crippen molar-refractivity contribution in [2.75, 3.05) is 11.1 Å². The molecule has 0 aliphatic heterocycles. The van der Waals surface area contributed by atoms with Gasteiger partial charge in [-0.2, -0.15) is 0 Å². The van der Waals surface area contributed by atoms with Gasteiger partial charge in [0.1, 0.15) is 11.4 Å². The number of fused-ring (bicyclic) bond motifs is 1. The highest BCUT2D eigenvalue weighted by atomic mass is 32.2. The Bertz CT molecular complexity index is 1350. The van der Waals surface area contributed by atoms with Crippen molar-refractivity contribution in [3.63, 3.8) is 0 Å². The number of halogens is 1. The monoisotopic (exact) mass is 448 g/mol. The van der Waals surface area contributed by atoms with Crippen LogP contribution in [0.15, 0.2) is 69.0 Å². The number of aryl methyl sites for hydroxylation is 1. The number of benzene rings is 2. The topological polar surface area (TPSA) is 55.1 Å². The summed E-state index contributed by atoms with van der Waals surface area (Å²) in [6, 6.07) is 14.0. The first-order chi connectivity index (χ1) is 15.4. The summed E-state index contributed by atoms with van der Waals surface area (Å²) >= 11 is 1.52. The zero-order valence-electron chi connectivity index (χ0n) is 18.5. The summed E-state index contributed by atoms with van der Waals surface area (Å²) in [7, 11) is 0.